The van der Waals surface area contributed by atoms with Crippen LogP contribution in [0, 0.1) is 29.1 Å². The molecule has 0 aromatic carbocycles. The molecule has 2 saturated carbocycles. The average Bonchev–Trinajstić information content (AvgIpc) is 3.53. The van der Waals surface area contributed by atoms with Gasteiger partial charge in [0.25, 0.3) is 0 Å². The van der Waals surface area contributed by atoms with Crippen molar-refractivity contribution < 1.29 is 29.3 Å². The first kappa shape index (κ1) is 29.1. The van der Waals surface area contributed by atoms with Gasteiger partial charge in [-0.25, -0.2) is 0 Å². The number of aromatic carboxylic acids is 1. The Kier molecular flexibility index (Phi) is 9.24. The van der Waals surface area contributed by atoms with Crippen LogP contribution in [0.15, 0.2) is 6.07 Å². The SMILES string of the molecule is CC1CCC(C(=O)N(c2cc(C#CC(C)(C)C)sc2C(=O)[O-])C2CCC(O)(CO[C@@H]3CCOC3)CC2)CC1. The normalized spacial score (nSPS) is 29.9. The fourth-order valence-corrected chi connectivity index (χ4v) is 6.51. The molecule has 4 rings (SSSR count). The van der Waals surface area contributed by atoms with E-state index in [-0.39, 0.29) is 40.9 Å². The van der Waals surface area contributed by atoms with E-state index in [1.54, 1.807) is 11.0 Å². The fourth-order valence-electron chi connectivity index (χ4n) is 5.68. The molecule has 7 nitrogen and oxygen atoms in total. The number of aliphatic hydroxyl groups is 1. The Balaban J connectivity index is 1.58. The first-order valence-corrected chi connectivity index (χ1v) is 14.9. The van der Waals surface area contributed by atoms with Gasteiger partial charge in [-0.2, -0.15) is 0 Å². The lowest BCUT2D eigenvalue weighted by Crippen LogP contribution is -2.50. The number of anilines is 1. The summed E-state index contributed by atoms with van der Waals surface area (Å²) in [5.74, 6) is 5.45. The summed E-state index contributed by atoms with van der Waals surface area (Å²) in [4.78, 5) is 28.7. The molecule has 210 valence electrons. The zero-order valence-corrected chi connectivity index (χ0v) is 24.0. The Morgan fingerprint density at radius 2 is 1.87 bits per heavy atom. The second-order valence-corrected chi connectivity index (χ2v) is 13.6. The van der Waals surface area contributed by atoms with Gasteiger partial charge in [0.1, 0.15) is 0 Å². The molecule has 2 heterocycles. The number of hydrogen-bond acceptors (Lipinski definition) is 7. The smallest absolute Gasteiger partial charge is 0.230 e. The predicted molar refractivity (Wildman–Crippen MR) is 146 cm³/mol. The first-order valence-electron chi connectivity index (χ1n) is 14.1. The monoisotopic (exact) mass is 544 g/mol. The number of amides is 1. The van der Waals surface area contributed by atoms with Crippen molar-refractivity contribution >= 4 is 28.9 Å². The number of carbonyl (C=O) groups is 2. The lowest BCUT2D eigenvalue weighted by molar-refractivity contribution is -0.254. The topological polar surface area (TPSA) is 99.1 Å². The number of hydrogen-bond donors (Lipinski definition) is 1. The maximum absolute atomic E-state index is 14.0. The molecule has 1 amide bonds. The summed E-state index contributed by atoms with van der Waals surface area (Å²) >= 11 is 1.08. The molecule has 0 bridgehead atoms. The van der Waals surface area contributed by atoms with E-state index in [4.69, 9.17) is 9.47 Å². The Labute approximate surface area is 230 Å². The average molecular weight is 545 g/mol. The van der Waals surface area contributed by atoms with Gasteiger partial charge in [-0.3, -0.25) is 4.79 Å². The Bertz CT molecular complexity index is 1040. The van der Waals surface area contributed by atoms with Crippen LogP contribution in [0.1, 0.15) is 100 Å². The Morgan fingerprint density at radius 3 is 2.45 bits per heavy atom. The highest BCUT2D eigenvalue weighted by atomic mass is 32.1. The Morgan fingerprint density at radius 1 is 1.18 bits per heavy atom. The van der Waals surface area contributed by atoms with Crippen LogP contribution < -0.4 is 10.0 Å². The van der Waals surface area contributed by atoms with Gasteiger partial charge < -0.3 is 29.4 Å². The number of carbonyl (C=O) groups excluding carboxylic acids is 2. The van der Waals surface area contributed by atoms with E-state index in [0.29, 0.717) is 55.4 Å². The van der Waals surface area contributed by atoms with Gasteiger partial charge in [0.15, 0.2) is 0 Å². The molecule has 0 spiro atoms. The van der Waals surface area contributed by atoms with Crippen LogP contribution in [-0.2, 0) is 14.3 Å². The van der Waals surface area contributed by atoms with Crippen LogP contribution in [0.2, 0.25) is 0 Å². The van der Waals surface area contributed by atoms with E-state index in [1.165, 1.54) is 0 Å². The summed E-state index contributed by atoms with van der Waals surface area (Å²) in [6.45, 7) is 9.71. The van der Waals surface area contributed by atoms with Crippen molar-refractivity contribution in [3.8, 4) is 11.8 Å². The van der Waals surface area contributed by atoms with Crippen molar-refractivity contribution in [2.75, 3.05) is 24.7 Å². The quantitative estimate of drug-likeness (QED) is 0.518. The first-order chi connectivity index (χ1) is 17.9. The summed E-state index contributed by atoms with van der Waals surface area (Å²) < 4.78 is 11.3. The zero-order valence-electron chi connectivity index (χ0n) is 23.2. The maximum Gasteiger partial charge on any atom is 0.230 e. The molecule has 1 saturated heterocycles. The van der Waals surface area contributed by atoms with Crippen LogP contribution in [-0.4, -0.2) is 54.6 Å². The minimum absolute atomic E-state index is 0.0117. The molecule has 1 aromatic rings. The van der Waals surface area contributed by atoms with Crippen LogP contribution in [0.25, 0.3) is 0 Å². The predicted octanol–water partition coefficient (Wildman–Crippen LogP) is 4.15. The number of nitrogens with zero attached hydrogens (tertiary/aromatic N) is 1. The molecule has 1 N–H and O–H groups in total. The van der Waals surface area contributed by atoms with Crippen LogP contribution in [0.3, 0.4) is 0 Å². The van der Waals surface area contributed by atoms with Crippen LogP contribution in [0.4, 0.5) is 5.69 Å². The van der Waals surface area contributed by atoms with Crippen molar-refractivity contribution in [1.29, 1.82) is 0 Å². The van der Waals surface area contributed by atoms with Gasteiger partial charge >= 0.3 is 0 Å². The molecule has 0 unspecified atom stereocenters. The maximum atomic E-state index is 14.0. The summed E-state index contributed by atoms with van der Waals surface area (Å²) in [5, 5.41) is 23.4. The van der Waals surface area contributed by atoms with Gasteiger partial charge in [-0.15, -0.1) is 11.3 Å². The van der Waals surface area contributed by atoms with Gasteiger partial charge in [-0.05, 0) is 90.5 Å². The molecule has 1 aromatic heterocycles. The molecular formula is C30H42NO6S-. The van der Waals surface area contributed by atoms with E-state index < -0.39 is 11.6 Å². The van der Waals surface area contributed by atoms with Gasteiger partial charge in [-0.1, -0.05) is 18.8 Å². The summed E-state index contributed by atoms with van der Waals surface area (Å²) in [6.07, 6.45) is 6.59. The highest BCUT2D eigenvalue weighted by Gasteiger charge is 2.41. The lowest BCUT2D eigenvalue weighted by Gasteiger charge is -2.42. The molecule has 38 heavy (non-hydrogen) atoms. The fraction of sp³-hybridized carbons (Fsp3) is 0.733. The van der Waals surface area contributed by atoms with Crippen molar-refractivity contribution in [2.24, 2.45) is 17.3 Å². The number of rotatable bonds is 7. The number of carboxylic acid groups (broad SMARTS) is 1. The molecule has 1 aliphatic heterocycles. The Hall–Kier alpha value is -1.92. The molecule has 0 radical (unpaired) electrons. The lowest BCUT2D eigenvalue weighted by atomic mass is 9.79. The zero-order chi connectivity index (χ0) is 27.5. The third-order valence-electron chi connectivity index (χ3n) is 8.05. The minimum Gasteiger partial charge on any atom is -0.544 e. The third-order valence-corrected chi connectivity index (χ3v) is 9.07. The van der Waals surface area contributed by atoms with Crippen molar-refractivity contribution in [3.05, 3.63) is 15.8 Å². The number of ether oxygens (including phenoxy) is 2. The van der Waals surface area contributed by atoms with Crippen molar-refractivity contribution in [2.45, 2.75) is 103 Å². The number of thiophene rings is 1. The largest absolute Gasteiger partial charge is 0.544 e. The highest BCUT2D eigenvalue weighted by Crippen LogP contribution is 2.40. The molecular weight excluding hydrogens is 502 g/mol. The summed E-state index contributed by atoms with van der Waals surface area (Å²) in [6, 6.07) is 1.55. The van der Waals surface area contributed by atoms with Gasteiger partial charge in [0.2, 0.25) is 5.91 Å². The number of carboxylic acids is 1. The van der Waals surface area contributed by atoms with Crippen LogP contribution in [0.5, 0.6) is 0 Å². The molecule has 2 aliphatic carbocycles. The highest BCUT2D eigenvalue weighted by molar-refractivity contribution is 7.15. The van der Waals surface area contributed by atoms with E-state index in [1.807, 2.05) is 20.8 Å². The third kappa shape index (κ3) is 7.38. The second-order valence-electron chi connectivity index (χ2n) is 12.5. The summed E-state index contributed by atoms with van der Waals surface area (Å²) in [7, 11) is 0. The molecule has 1 atom stereocenters. The van der Waals surface area contributed by atoms with E-state index >= 15 is 0 Å². The standard InChI is InChI=1S/C30H43NO6S/c1-20-5-7-21(8-6-20)27(32)31(25-17-24(11-13-29(2,3)4)38-26(25)28(33)34)22-9-14-30(35,15-10-22)19-37-23-12-16-36-18-23/h17,20-23,35H,5-10,12,14-16,18-19H2,1-4H3,(H,33,34)/p-1/t20?,21?,22?,23-,30?/m1/s1. The molecule has 3 fully saturated rings. The van der Waals surface area contributed by atoms with Gasteiger partial charge in [0, 0.05) is 24.0 Å². The minimum atomic E-state index is -1.29. The van der Waals surface area contributed by atoms with Crippen LogP contribution >= 0.6 is 11.3 Å². The second kappa shape index (κ2) is 12.1. The molecule has 8 heteroatoms. The van der Waals surface area contributed by atoms with E-state index in [0.717, 1.165) is 43.4 Å². The van der Waals surface area contributed by atoms with Gasteiger partial charge in [0.05, 0.1) is 46.3 Å². The van der Waals surface area contributed by atoms with E-state index in [9.17, 15) is 19.8 Å². The van der Waals surface area contributed by atoms with Crippen molar-refractivity contribution in [1.82, 2.24) is 0 Å². The van der Waals surface area contributed by atoms with E-state index in [2.05, 4.69) is 18.8 Å². The summed E-state index contributed by atoms with van der Waals surface area (Å²) in [5.41, 5.74) is -0.796. The molecule has 3 aliphatic rings. The van der Waals surface area contributed by atoms with Crippen molar-refractivity contribution in [3.63, 3.8) is 0 Å².